The number of amides is 1. The van der Waals surface area contributed by atoms with E-state index < -0.39 is 0 Å². The fourth-order valence-electron chi connectivity index (χ4n) is 2.40. The molecular weight excluding hydrogens is 372 g/mol. The number of pyridine rings is 1. The van der Waals surface area contributed by atoms with Gasteiger partial charge in [0.2, 0.25) is 0 Å². The lowest BCUT2D eigenvalue weighted by atomic mass is 10.1. The van der Waals surface area contributed by atoms with Gasteiger partial charge in [-0.25, -0.2) is 0 Å². The zero-order chi connectivity index (χ0) is 17.1. The van der Waals surface area contributed by atoms with Gasteiger partial charge in [0.25, 0.3) is 11.5 Å². The maximum atomic E-state index is 12.2. The molecule has 2 aromatic carbocycles. The topological polar surface area (TPSA) is 71.2 Å². The number of hydrogen-bond donors (Lipinski definition) is 2. The Hall–Kier alpha value is -2.60. The van der Waals surface area contributed by atoms with Gasteiger partial charge in [-0.15, -0.1) is 0 Å². The van der Waals surface area contributed by atoms with Crippen LogP contribution in [0, 0.1) is 0 Å². The molecule has 2 N–H and O–H groups in total. The standard InChI is InChI=1S/C18H15BrN2O3/c1-24-15-5-6-16-12(9-15)7-13(18(23)21-16)10-20-17(22)11-3-2-4-14(19)8-11/h2-9H,10H2,1H3,(H,20,22)(H,21,23). The average molecular weight is 387 g/mol. The summed E-state index contributed by atoms with van der Waals surface area (Å²) in [6.07, 6.45) is 0. The molecule has 0 unspecified atom stereocenters. The van der Waals surface area contributed by atoms with Crippen LogP contribution >= 0.6 is 15.9 Å². The quantitative estimate of drug-likeness (QED) is 0.722. The highest BCUT2D eigenvalue weighted by molar-refractivity contribution is 9.10. The van der Waals surface area contributed by atoms with Crippen molar-refractivity contribution in [3.05, 3.63) is 74.5 Å². The van der Waals surface area contributed by atoms with Crippen molar-refractivity contribution in [1.82, 2.24) is 10.3 Å². The Morgan fingerprint density at radius 1 is 1.21 bits per heavy atom. The molecule has 0 fully saturated rings. The number of aromatic amines is 1. The fourth-order valence-corrected chi connectivity index (χ4v) is 2.79. The Morgan fingerprint density at radius 2 is 2.04 bits per heavy atom. The summed E-state index contributed by atoms with van der Waals surface area (Å²) in [7, 11) is 1.59. The van der Waals surface area contributed by atoms with Crippen molar-refractivity contribution in [1.29, 1.82) is 0 Å². The Balaban J connectivity index is 1.83. The van der Waals surface area contributed by atoms with E-state index in [0.29, 0.717) is 16.9 Å². The van der Waals surface area contributed by atoms with Crippen LogP contribution in [-0.4, -0.2) is 18.0 Å². The number of carbonyl (C=O) groups is 1. The molecule has 0 saturated carbocycles. The molecule has 3 aromatic rings. The maximum absolute atomic E-state index is 12.2. The number of aromatic nitrogens is 1. The summed E-state index contributed by atoms with van der Waals surface area (Å²) >= 11 is 3.33. The largest absolute Gasteiger partial charge is 0.497 e. The minimum absolute atomic E-state index is 0.147. The molecule has 6 heteroatoms. The molecule has 0 atom stereocenters. The Morgan fingerprint density at radius 3 is 2.79 bits per heavy atom. The molecule has 122 valence electrons. The number of H-pyrrole nitrogens is 1. The van der Waals surface area contributed by atoms with Crippen LogP contribution in [0.25, 0.3) is 10.9 Å². The van der Waals surface area contributed by atoms with Gasteiger partial charge >= 0.3 is 0 Å². The summed E-state index contributed by atoms with van der Waals surface area (Å²) in [5.74, 6) is 0.472. The third-order valence-corrected chi connectivity index (χ3v) is 4.15. The third-order valence-electron chi connectivity index (χ3n) is 3.65. The average Bonchev–Trinajstić information content (AvgIpc) is 2.59. The highest BCUT2D eigenvalue weighted by Crippen LogP contribution is 2.18. The normalized spacial score (nSPS) is 10.6. The smallest absolute Gasteiger partial charge is 0.253 e. The number of methoxy groups -OCH3 is 1. The lowest BCUT2D eigenvalue weighted by Gasteiger charge is -2.07. The molecule has 0 aliphatic carbocycles. The first-order valence-electron chi connectivity index (χ1n) is 7.30. The van der Waals surface area contributed by atoms with Gasteiger partial charge in [-0.05, 0) is 42.5 Å². The van der Waals surface area contributed by atoms with Crippen LogP contribution in [0.2, 0.25) is 0 Å². The number of nitrogens with one attached hydrogen (secondary N) is 2. The van der Waals surface area contributed by atoms with E-state index in [0.717, 1.165) is 15.4 Å². The van der Waals surface area contributed by atoms with E-state index in [1.54, 1.807) is 43.5 Å². The molecule has 0 bridgehead atoms. The molecule has 0 spiro atoms. The van der Waals surface area contributed by atoms with E-state index in [1.807, 2.05) is 12.1 Å². The van der Waals surface area contributed by atoms with E-state index >= 15 is 0 Å². The van der Waals surface area contributed by atoms with Gasteiger partial charge in [-0.1, -0.05) is 22.0 Å². The monoisotopic (exact) mass is 386 g/mol. The van der Waals surface area contributed by atoms with Gasteiger partial charge in [0.1, 0.15) is 5.75 Å². The second-order valence-corrected chi connectivity index (χ2v) is 6.19. The number of carbonyl (C=O) groups excluding carboxylic acids is 1. The van der Waals surface area contributed by atoms with Crippen LogP contribution in [0.5, 0.6) is 5.75 Å². The van der Waals surface area contributed by atoms with Crippen molar-refractivity contribution in [3.63, 3.8) is 0 Å². The summed E-state index contributed by atoms with van der Waals surface area (Å²) < 4.78 is 6.02. The van der Waals surface area contributed by atoms with Gasteiger partial charge in [0, 0.05) is 33.0 Å². The van der Waals surface area contributed by atoms with Crippen LogP contribution in [0.15, 0.2) is 57.8 Å². The highest BCUT2D eigenvalue weighted by Gasteiger charge is 2.08. The molecule has 1 heterocycles. The van der Waals surface area contributed by atoms with Crippen LogP contribution < -0.4 is 15.6 Å². The van der Waals surface area contributed by atoms with Crippen molar-refractivity contribution < 1.29 is 9.53 Å². The summed E-state index contributed by atoms with van der Waals surface area (Å²) in [4.78, 5) is 27.1. The van der Waals surface area contributed by atoms with Crippen molar-refractivity contribution in [2.24, 2.45) is 0 Å². The van der Waals surface area contributed by atoms with Crippen molar-refractivity contribution in [2.45, 2.75) is 6.54 Å². The van der Waals surface area contributed by atoms with Crippen molar-refractivity contribution in [2.75, 3.05) is 7.11 Å². The van der Waals surface area contributed by atoms with Crippen LogP contribution in [0.3, 0.4) is 0 Å². The number of fused-ring (bicyclic) bond motifs is 1. The van der Waals surface area contributed by atoms with E-state index in [-0.39, 0.29) is 18.0 Å². The number of benzene rings is 2. The number of hydrogen-bond acceptors (Lipinski definition) is 3. The van der Waals surface area contributed by atoms with Crippen molar-refractivity contribution in [3.8, 4) is 5.75 Å². The zero-order valence-electron chi connectivity index (χ0n) is 12.9. The van der Waals surface area contributed by atoms with E-state index in [9.17, 15) is 9.59 Å². The second-order valence-electron chi connectivity index (χ2n) is 5.27. The summed E-state index contributed by atoms with van der Waals surface area (Å²) in [5, 5.41) is 3.61. The van der Waals surface area contributed by atoms with Crippen molar-refractivity contribution >= 4 is 32.7 Å². The summed E-state index contributed by atoms with van der Waals surface area (Å²) in [6.45, 7) is 0.147. The molecule has 0 radical (unpaired) electrons. The van der Waals surface area contributed by atoms with Gasteiger partial charge in [-0.2, -0.15) is 0 Å². The molecule has 5 nitrogen and oxygen atoms in total. The fraction of sp³-hybridized carbons (Fsp3) is 0.111. The summed E-state index contributed by atoms with van der Waals surface area (Å²) in [5.41, 5.74) is 1.52. The SMILES string of the molecule is COc1ccc2[nH]c(=O)c(CNC(=O)c3cccc(Br)c3)cc2c1. The molecule has 0 aliphatic rings. The third kappa shape index (κ3) is 3.49. The lowest BCUT2D eigenvalue weighted by Crippen LogP contribution is -2.26. The van der Waals surface area contributed by atoms with Crippen LogP contribution in [-0.2, 0) is 6.54 Å². The Labute approximate surface area is 146 Å². The second kappa shape index (κ2) is 6.88. The molecule has 1 aromatic heterocycles. The van der Waals surface area contributed by atoms with Gasteiger partial charge < -0.3 is 15.0 Å². The predicted molar refractivity (Wildman–Crippen MR) is 96.4 cm³/mol. The zero-order valence-corrected chi connectivity index (χ0v) is 14.5. The number of rotatable bonds is 4. The lowest BCUT2D eigenvalue weighted by molar-refractivity contribution is 0.0950. The molecule has 1 amide bonds. The van der Waals surface area contributed by atoms with Crippen LogP contribution in [0.4, 0.5) is 0 Å². The Bertz CT molecular complexity index is 966. The van der Waals surface area contributed by atoms with Gasteiger partial charge in [0.05, 0.1) is 7.11 Å². The molecule has 3 rings (SSSR count). The molecular formula is C18H15BrN2O3. The number of halogens is 1. The van der Waals surface area contributed by atoms with E-state index in [2.05, 4.69) is 26.2 Å². The first-order chi connectivity index (χ1) is 11.6. The van der Waals surface area contributed by atoms with E-state index in [1.165, 1.54) is 0 Å². The number of ether oxygens (including phenoxy) is 1. The van der Waals surface area contributed by atoms with Crippen LogP contribution in [0.1, 0.15) is 15.9 Å². The highest BCUT2D eigenvalue weighted by atomic mass is 79.9. The first kappa shape index (κ1) is 16.3. The van der Waals surface area contributed by atoms with Gasteiger partial charge in [-0.3, -0.25) is 9.59 Å². The minimum Gasteiger partial charge on any atom is -0.497 e. The molecule has 0 aliphatic heterocycles. The van der Waals surface area contributed by atoms with Gasteiger partial charge in [0.15, 0.2) is 0 Å². The maximum Gasteiger partial charge on any atom is 0.253 e. The van der Waals surface area contributed by atoms with E-state index in [4.69, 9.17) is 4.74 Å². The predicted octanol–water partition coefficient (Wildman–Crippen LogP) is 3.23. The minimum atomic E-state index is -0.235. The molecule has 0 saturated heterocycles. The molecule has 24 heavy (non-hydrogen) atoms. The first-order valence-corrected chi connectivity index (χ1v) is 8.10. The summed E-state index contributed by atoms with van der Waals surface area (Å²) in [6, 6.07) is 14.3. The Kier molecular flexibility index (Phi) is 4.66.